The van der Waals surface area contributed by atoms with Crippen LogP contribution in [-0.2, 0) is 17.0 Å². The molecule has 0 saturated heterocycles. The number of aromatic nitrogens is 3. The number of thioether (sulfide) groups is 1. The minimum absolute atomic E-state index is 0.0115. The molecule has 9 heteroatoms. The monoisotopic (exact) mass is 358 g/mol. The van der Waals surface area contributed by atoms with Gasteiger partial charge in [-0.25, -0.2) is 0 Å². The second-order valence-electron chi connectivity index (χ2n) is 4.32. The van der Waals surface area contributed by atoms with Gasteiger partial charge in [0.25, 0.3) is 5.56 Å². The van der Waals surface area contributed by atoms with Crippen LogP contribution in [0.25, 0.3) is 0 Å². The number of hydrogen-bond donors (Lipinski definition) is 1. The molecule has 0 bridgehead atoms. The Labute approximate surface area is 139 Å². The van der Waals surface area contributed by atoms with Crippen molar-refractivity contribution in [3.05, 3.63) is 49.9 Å². The molecule has 0 saturated carbocycles. The van der Waals surface area contributed by atoms with Gasteiger partial charge < -0.3 is 9.90 Å². The minimum Gasteiger partial charge on any atom is -0.550 e. The number of benzene rings is 1. The Morgan fingerprint density at radius 2 is 2.05 bits per heavy atom. The number of halogens is 2. The third kappa shape index (κ3) is 4.72. The molecule has 0 spiro atoms. The standard InChI is InChI=1S/C13H11Cl2N3O3S/c14-8-2-1-7(5-9(8)15)6-22-13-16-12(21)10(17-18-13)3-4-11(19)20/h1-2,5H,3-4,6H2,(H,19,20)(H,16,18,21)/p-1. The van der Waals surface area contributed by atoms with Crippen molar-refractivity contribution in [3.8, 4) is 0 Å². The van der Waals surface area contributed by atoms with E-state index in [4.69, 9.17) is 23.2 Å². The van der Waals surface area contributed by atoms with E-state index in [0.717, 1.165) is 5.56 Å². The van der Waals surface area contributed by atoms with Crippen molar-refractivity contribution < 1.29 is 9.90 Å². The first kappa shape index (κ1) is 16.8. The van der Waals surface area contributed by atoms with E-state index in [1.165, 1.54) is 11.8 Å². The summed E-state index contributed by atoms with van der Waals surface area (Å²) in [5.74, 6) is -0.709. The van der Waals surface area contributed by atoms with Crippen molar-refractivity contribution in [3.63, 3.8) is 0 Å². The smallest absolute Gasteiger partial charge is 0.273 e. The number of aliphatic carboxylic acids is 1. The van der Waals surface area contributed by atoms with Gasteiger partial charge in [-0.3, -0.25) is 9.78 Å². The lowest BCUT2D eigenvalue weighted by atomic mass is 10.2. The van der Waals surface area contributed by atoms with E-state index in [1.807, 2.05) is 6.07 Å². The first-order valence-electron chi connectivity index (χ1n) is 6.18. The van der Waals surface area contributed by atoms with E-state index in [9.17, 15) is 14.7 Å². The SMILES string of the molecule is O=C([O-])CCc1nnc(SCc2ccc(Cl)c(Cl)c2)[nH]c1=O. The summed E-state index contributed by atoms with van der Waals surface area (Å²) in [5.41, 5.74) is 0.541. The number of rotatable bonds is 6. The predicted molar refractivity (Wildman–Crippen MR) is 82.0 cm³/mol. The van der Waals surface area contributed by atoms with Gasteiger partial charge in [-0.15, -0.1) is 10.2 Å². The Kier molecular flexibility index (Phi) is 5.82. The predicted octanol–water partition coefficient (Wildman–Crippen LogP) is 1.45. The van der Waals surface area contributed by atoms with Gasteiger partial charge in [0.2, 0.25) is 0 Å². The largest absolute Gasteiger partial charge is 0.550 e. The van der Waals surface area contributed by atoms with Gasteiger partial charge in [-0.1, -0.05) is 41.0 Å². The summed E-state index contributed by atoms with van der Waals surface area (Å²) in [6.45, 7) is 0. The lowest BCUT2D eigenvalue weighted by Crippen LogP contribution is -2.25. The highest BCUT2D eigenvalue weighted by molar-refractivity contribution is 7.98. The van der Waals surface area contributed by atoms with E-state index in [-0.39, 0.29) is 18.5 Å². The number of carbonyl (C=O) groups is 1. The molecule has 0 radical (unpaired) electrons. The number of nitrogens with zero attached hydrogens (tertiary/aromatic N) is 2. The Balaban J connectivity index is 2.01. The van der Waals surface area contributed by atoms with E-state index in [0.29, 0.717) is 21.0 Å². The molecule has 0 fully saturated rings. The molecule has 1 aromatic carbocycles. The van der Waals surface area contributed by atoms with Crippen LogP contribution in [0.1, 0.15) is 17.7 Å². The number of carboxylic acids is 1. The number of H-pyrrole nitrogens is 1. The van der Waals surface area contributed by atoms with E-state index < -0.39 is 11.5 Å². The summed E-state index contributed by atoms with van der Waals surface area (Å²) < 4.78 is 0. The molecule has 2 aromatic rings. The van der Waals surface area contributed by atoms with Gasteiger partial charge in [-0.05, 0) is 24.1 Å². The van der Waals surface area contributed by atoms with Gasteiger partial charge >= 0.3 is 0 Å². The zero-order valence-electron chi connectivity index (χ0n) is 11.1. The van der Waals surface area contributed by atoms with Gasteiger partial charge in [-0.2, -0.15) is 0 Å². The molecular formula is C13H10Cl2N3O3S-. The molecule has 116 valence electrons. The van der Waals surface area contributed by atoms with Crippen molar-refractivity contribution in [2.24, 2.45) is 0 Å². The molecule has 1 N–H and O–H groups in total. The van der Waals surface area contributed by atoms with Crippen molar-refractivity contribution in [1.82, 2.24) is 15.2 Å². The minimum atomic E-state index is -1.24. The maximum Gasteiger partial charge on any atom is 0.273 e. The van der Waals surface area contributed by atoms with E-state index in [2.05, 4.69) is 15.2 Å². The van der Waals surface area contributed by atoms with Crippen molar-refractivity contribution in [2.45, 2.75) is 23.8 Å². The molecule has 0 aliphatic rings. The molecule has 0 amide bonds. The van der Waals surface area contributed by atoms with Crippen LogP contribution in [0.15, 0.2) is 28.2 Å². The Hall–Kier alpha value is -1.57. The van der Waals surface area contributed by atoms with Gasteiger partial charge in [0.05, 0.1) is 10.0 Å². The van der Waals surface area contributed by atoms with Crippen LogP contribution in [0.3, 0.4) is 0 Å². The zero-order chi connectivity index (χ0) is 16.1. The normalized spacial score (nSPS) is 10.6. The van der Waals surface area contributed by atoms with Crippen LogP contribution in [0.4, 0.5) is 0 Å². The average Bonchev–Trinajstić information content (AvgIpc) is 2.47. The number of aromatic amines is 1. The third-order valence-corrected chi connectivity index (χ3v) is 4.34. The highest BCUT2D eigenvalue weighted by Gasteiger charge is 2.07. The number of carboxylic acid groups (broad SMARTS) is 1. The van der Waals surface area contributed by atoms with Crippen LogP contribution in [0, 0.1) is 0 Å². The van der Waals surface area contributed by atoms with Crippen molar-refractivity contribution in [1.29, 1.82) is 0 Å². The second kappa shape index (κ2) is 7.62. The van der Waals surface area contributed by atoms with Crippen LogP contribution >= 0.6 is 35.0 Å². The molecule has 0 aliphatic carbocycles. The molecule has 0 aliphatic heterocycles. The van der Waals surface area contributed by atoms with Crippen molar-refractivity contribution in [2.75, 3.05) is 0 Å². The molecule has 6 nitrogen and oxygen atoms in total. The fraction of sp³-hybridized carbons (Fsp3) is 0.231. The Morgan fingerprint density at radius 1 is 1.27 bits per heavy atom. The summed E-state index contributed by atoms with van der Waals surface area (Å²) in [7, 11) is 0. The van der Waals surface area contributed by atoms with E-state index >= 15 is 0 Å². The summed E-state index contributed by atoms with van der Waals surface area (Å²) in [6.07, 6.45) is -0.282. The number of aryl methyl sites for hydroxylation is 1. The van der Waals surface area contributed by atoms with Gasteiger partial charge in [0.1, 0.15) is 5.69 Å². The molecule has 1 aromatic heterocycles. The molecule has 22 heavy (non-hydrogen) atoms. The highest BCUT2D eigenvalue weighted by Crippen LogP contribution is 2.25. The first-order chi connectivity index (χ1) is 10.5. The van der Waals surface area contributed by atoms with Crippen LogP contribution in [0.5, 0.6) is 0 Å². The molecular weight excluding hydrogens is 349 g/mol. The van der Waals surface area contributed by atoms with Crippen LogP contribution in [0.2, 0.25) is 10.0 Å². The van der Waals surface area contributed by atoms with Gasteiger partial charge in [0, 0.05) is 18.1 Å². The molecule has 0 atom stereocenters. The Morgan fingerprint density at radius 3 is 2.68 bits per heavy atom. The fourth-order valence-corrected chi connectivity index (χ4v) is 2.64. The highest BCUT2D eigenvalue weighted by atomic mass is 35.5. The first-order valence-corrected chi connectivity index (χ1v) is 7.92. The van der Waals surface area contributed by atoms with Crippen molar-refractivity contribution >= 4 is 40.9 Å². The summed E-state index contributed by atoms with van der Waals surface area (Å²) >= 11 is 13.0. The quantitative estimate of drug-likeness (QED) is 0.784. The third-order valence-electron chi connectivity index (χ3n) is 2.67. The lowest BCUT2D eigenvalue weighted by molar-refractivity contribution is -0.305. The summed E-state index contributed by atoms with van der Waals surface area (Å²) in [4.78, 5) is 24.7. The fourth-order valence-electron chi connectivity index (χ4n) is 1.58. The molecule has 0 unspecified atom stereocenters. The topological polar surface area (TPSA) is 98.8 Å². The summed E-state index contributed by atoms with van der Waals surface area (Å²) in [6, 6.07) is 5.24. The zero-order valence-corrected chi connectivity index (χ0v) is 13.5. The molecule has 1 heterocycles. The Bertz CT molecular complexity index is 752. The van der Waals surface area contributed by atoms with Crippen LogP contribution < -0.4 is 10.7 Å². The van der Waals surface area contributed by atoms with E-state index in [1.54, 1.807) is 12.1 Å². The van der Waals surface area contributed by atoms with Gasteiger partial charge in [0.15, 0.2) is 5.16 Å². The average molecular weight is 359 g/mol. The number of hydrogen-bond acceptors (Lipinski definition) is 6. The van der Waals surface area contributed by atoms with Crippen LogP contribution in [-0.4, -0.2) is 21.2 Å². The molecule has 2 rings (SSSR count). The maximum absolute atomic E-state index is 11.7. The maximum atomic E-state index is 11.7. The lowest BCUT2D eigenvalue weighted by Gasteiger charge is -2.04. The summed E-state index contributed by atoms with van der Waals surface area (Å²) in [5, 5.41) is 19.2. The number of carbonyl (C=O) groups excluding carboxylic acids is 1. The second-order valence-corrected chi connectivity index (χ2v) is 6.09. The number of nitrogens with one attached hydrogen (secondary N) is 1.